The van der Waals surface area contributed by atoms with E-state index < -0.39 is 0 Å². The quantitative estimate of drug-likeness (QED) is 0.463. The van der Waals surface area contributed by atoms with E-state index in [0.29, 0.717) is 5.56 Å². The number of benzene rings is 2. The Hall–Kier alpha value is -3.25. The molecule has 0 amide bonds. The number of hydrogen-bond donors (Lipinski definition) is 0. The van der Waals surface area contributed by atoms with E-state index in [4.69, 9.17) is 5.26 Å². The van der Waals surface area contributed by atoms with Gasteiger partial charge in [-0.05, 0) is 49.4 Å². The second-order valence-corrected chi connectivity index (χ2v) is 7.43. The largest absolute Gasteiger partial charge is 0.325 e. The van der Waals surface area contributed by atoms with Gasteiger partial charge in [0.05, 0.1) is 17.3 Å². The molecule has 0 saturated heterocycles. The summed E-state index contributed by atoms with van der Waals surface area (Å²) in [6, 6.07) is 19.0. The lowest BCUT2D eigenvalue weighted by Crippen LogP contribution is -1.98. The van der Waals surface area contributed by atoms with Crippen molar-refractivity contribution in [3.63, 3.8) is 0 Å². The lowest BCUT2D eigenvalue weighted by Gasteiger charge is -2.08. The van der Waals surface area contributed by atoms with E-state index in [1.54, 1.807) is 0 Å². The van der Waals surface area contributed by atoms with Crippen LogP contribution in [0.1, 0.15) is 29.5 Å². The van der Waals surface area contributed by atoms with Crippen molar-refractivity contribution in [1.29, 1.82) is 5.26 Å². The smallest absolute Gasteiger partial charge is 0.121 e. The highest BCUT2D eigenvalue weighted by Crippen LogP contribution is 2.36. The van der Waals surface area contributed by atoms with Crippen molar-refractivity contribution in [1.82, 2.24) is 8.97 Å². The zero-order chi connectivity index (χ0) is 18.4. The topological polar surface area (TPSA) is 33.1 Å². The Labute approximate surface area is 159 Å². The molecule has 132 valence electrons. The van der Waals surface area contributed by atoms with Crippen LogP contribution in [0.3, 0.4) is 0 Å². The molecule has 0 atom stereocenters. The standard InChI is InChI=1S/C24H21N3/c1-17-5-9-20(10-6-17)23-16-26-15-22(19-11-7-18(14-25)8-12-19)21-4-2-3-13-27(23)24(21)26/h5-12,15-16H,2-4,13H2,1H3. The summed E-state index contributed by atoms with van der Waals surface area (Å²) >= 11 is 0. The minimum atomic E-state index is 0.708. The Morgan fingerprint density at radius 2 is 1.63 bits per heavy atom. The number of aromatic nitrogens is 2. The fourth-order valence-corrected chi connectivity index (χ4v) is 4.24. The number of nitriles is 1. The molecule has 0 radical (unpaired) electrons. The SMILES string of the molecule is Cc1ccc(-c2cn3cc(-c4ccc(C#N)cc4)c4c3n2CCCC4)cc1. The minimum Gasteiger partial charge on any atom is -0.325 e. The molecule has 0 saturated carbocycles. The van der Waals surface area contributed by atoms with Crippen LogP contribution < -0.4 is 0 Å². The van der Waals surface area contributed by atoms with Crippen LogP contribution in [-0.4, -0.2) is 8.97 Å². The third-order valence-electron chi connectivity index (χ3n) is 5.65. The van der Waals surface area contributed by atoms with E-state index in [1.807, 2.05) is 12.1 Å². The highest BCUT2D eigenvalue weighted by atomic mass is 15.1. The van der Waals surface area contributed by atoms with Gasteiger partial charge >= 0.3 is 0 Å². The lowest BCUT2D eigenvalue weighted by molar-refractivity contribution is 0.647. The molecule has 3 heteroatoms. The lowest BCUT2D eigenvalue weighted by atomic mass is 10.00. The van der Waals surface area contributed by atoms with Gasteiger partial charge in [0.25, 0.3) is 0 Å². The van der Waals surface area contributed by atoms with Crippen molar-refractivity contribution in [2.75, 3.05) is 0 Å². The van der Waals surface area contributed by atoms with Gasteiger partial charge < -0.3 is 8.97 Å². The van der Waals surface area contributed by atoms with Gasteiger partial charge in [-0.15, -0.1) is 0 Å². The monoisotopic (exact) mass is 351 g/mol. The van der Waals surface area contributed by atoms with Crippen molar-refractivity contribution in [3.05, 3.63) is 77.6 Å². The second-order valence-electron chi connectivity index (χ2n) is 7.43. The summed E-state index contributed by atoms with van der Waals surface area (Å²) in [6.45, 7) is 3.19. The summed E-state index contributed by atoms with van der Waals surface area (Å²) in [6.07, 6.45) is 8.03. The molecule has 4 aromatic rings. The van der Waals surface area contributed by atoms with Gasteiger partial charge in [0.1, 0.15) is 5.65 Å². The molecule has 27 heavy (non-hydrogen) atoms. The first-order chi connectivity index (χ1) is 13.2. The van der Waals surface area contributed by atoms with Crippen LogP contribution in [0.4, 0.5) is 0 Å². The Morgan fingerprint density at radius 3 is 2.37 bits per heavy atom. The zero-order valence-electron chi connectivity index (χ0n) is 15.4. The van der Waals surface area contributed by atoms with Gasteiger partial charge in [-0.25, -0.2) is 0 Å². The van der Waals surface area contributed by atoms with E-state index in [9.17, 15) is 0 Å². The average molecular weight is 351 g/mol. The maximum Gasteiger partial charge on any atom is 0.121 e. The second kappa shape index (κ2) is 6.17. The van der Waals surface area contributed by atoms with Crippen molar-refractivity contribution in [3.8, 4) is 28.5 Å². The van der Waals surface area contributed by atoms with Gasteiger partial charge in [0, 0.05) is 30.1 Å². The Morgan fingerprint density at radius 1 is 0.889 bits per heavy atom. The molecule has 0 aliphatic carbocycles. The molecule has 5 rings (SSSR count). The fraction of sp³-hybridized carbons (Fsp3) is 0.208. The molecule has 1 aliphatic rings. The summed E-state index contributed by atoms with van der Waals surface area (Å²) in [5.41, 5.74) is 9.80. The zero-order valence-corrected chi connectivity index (χ0v) is 15.4. The summed E-state index contributed by atoms with van der Waals surface area (Å²) in [5.74, 6) is 0. The number of hydrogen-bond acceptors (Lipinski definition) is 1. The van der Waals surface area contributed by atoms with Gasteiger partial charge in [-0.3, -0.25) is 0 Å². The highest BCUT2D eigenvalue weighted by Gasteiger charge is 2.21. The van der Waals surface area contributed by atoms with Gasteiger partial charge in [-0.1, -0.05) is 42.0 Å². The summed E-state index contributed by atoms with van der Waals surface area (Å²) in [5, 5.41) is 9.06. The minimum absolute atomic E-state index is 0.708. The molecule has 3 heterocycles. The highest BCUT2D eigenvalue weighted by molar-refractivity contribution is 5.78. The molecule has 2 aromatic heterocycles. The van der Waals surface area contributed by atoms with Gasteiger partial charge in [-0.2, -0.15) is 5.26 Å². The van der Waals surface area contributed by atoms with E-state index in [2.05, 4.69) is 70.8 Å². The molecule has 2 aromatic carbocycles. The maximum absolute atomic E-state index is 9.06. The Kier molecular flexibility index (Phi) is 3.65. The van der Waals surface area contributed by atoms with Crippen LogP contribution in [0, 0.1) is 18.3 Å². The molecule has 0 fully saturated rings. The van der Waals surface area contributed by atoms with Crippen molar-refractivity contribution in [2.45, 2.75) is 32.7 Å². The predicted octanol–water partition coefficient (Wildman–Crippen LogP) is 5.59. The average Bonchev–Trinajstić information content (AvgIpc) is 3.13. The third kappa shape index (κ3) is 2.57. The first-order valence-electron chi connectivity index (χ1n) is 9.55. The van der Waals surface area contributed by atoms with E-state index in [-0.39, 0.29) is 0 Å². The normalized spacial score (nSPS) is 13.5. The van der Waals surface area contributed by atoms with Crippen LogP contribution in [0.5, 0.6) is 0 Å². The Bertz CT molecular complexity index is 1170. The van der Waals surface area contributed by atoms with E-state index in [1.165, 1.54) is 52.0 Å². The number of nitrogens with zero attached hydrogens (tertiary/aromatic N) is 3. The number of imidazole rings is 1. The summed E-state index contributed by atoms with van der Waals surface area (Å²) in [4.78, 5) is 0. The molecule has 1 aliphatic heterocycles. The Balaban J connectivity index is 1.70. The van der Waals surface area contributed by atoms with Crippen LogP contribution in [0.15, 0.2) is 60.9 Å². The van der Waals surface area contributed by atoms with Crippen LogP contribution in [-0.2, 0) is 13.0 Å². The summed E-state index contributed by atoms with van der Waals surface area (Å²) in [7, 11) is 0. The van der Waals surface area contributed by atoms with Crippen LogP contribution in [0.2, 0.25) is 0 Å². The van der Waals surface area contributed by atoms with Crippen LogP contribution in [0.25, 0.3) is 28.0 Å². The molecular formula is C24H21N3. The van der Waals surface area contributed by atoms with Gasteiger partial charge in [0.15, 0.2) is 0 Å². The van der Waals surface area contributed by atoms with Gasteiger partial charge in [0.2, 0.25) is 0 Å². The molecule has 0 spiro atoms. The van der Waals surface area contributed by atoms with Crippen LogP contribution >= 0.6 is 0 Å². The molecule has 0 N–H and O–H groups in total. The first-order valence-corrected chi connectivity index (χ1v) is 9.55. The maximum atomic E-state index is 9.06. The molecule has 0 unspecified atom stereocenters. The predicted molar refractivity (Wildman–Crippen MR) is 109 cm³/mol. The first kappa shape index (κ1) is 16.0. The van der Waals surface area contributed by atoms with E-state index in [0.717, 1.165) is 13.0 Å². The van der Waals surface area contributed by atoms with E-state index >= 15 is 0 Å². The van der Waals surface area contributed by atoms with Crippen molar-refractivity contribution in [2.24, 2.45) is 0 Å². The molecule has 3 nitrogen and oxygen atoms in total. The molecule has 0 bridgehead atoms. The fourth-order valence-electron chi connectivity index (χ4n) is 4.24. The third-order valence-corrected chi connectivity index (χ3v) is 5.65. The number of aryl methyl sites for hydroxylation is 3. The summed E-state index contributed by atoms with van der Waals surface area (Å²) < 4.78 is 4.78. The number of rotatable bonds is 2. The molecular weight excluding hydrogens is 330 g/mol. The van der Waals surface area contributed by atoms with Crippen molar-refractivity contribution < 1.29 is 0 Å². The van der Waals surface area contributed by atoms with Crippen molar-refractivity contribution >= 4 is 5.65 Å².